The van der Waals surface area contributed by atoms with Crippen LogP contribution in [0.3, 0.4) is 0 Å². The molecule has 0 radical (unpaired) electrons. The SMILES string of the molecule is COc1ccc(C)cc1NC(=O)Nc1cnc(N2CCN(C)CC2)nc1. The van der Waals surface area contributed by atoms with Gasteiger partial charge >= 0.3 is 6.03 Å². The second-order valence-corrected chi connectivity index (χ2v) is 6.34. The van der Waals surface area contributed by atoms with Gasteiger partial charge in [-0.25, -0.2) is 14.8 Å². The van der Waals surface area contributed by atoms with Gasteiger partial charge in [-0.15, -0.1) is 0 Å². The summed E-state index contributed by atoms with van der Waals surface area (Å²) in [5, 5.41) is 5.53. The third-order valence-electron chi connectivity index (χ3n) is 4.29. The molecule has 1 aliphatic heterocycles. The van der Waals surface area contributed by atoms with Crippen molar-refractivity contribution in [1.82, 2.24) is 14.9 Å². The lowest BCUT2D eigenvalue weighted by Gasteiger charge is -2.32. The molecule has 0 bridgehead atoms. The Balaban J connectivity index is 1.60. The number of nitrogens with zero attached hydrogens (tertiary/aromatic N) is 4. The zero-order valence-electron chi connectivity index (χ0n) is 15.3. The molecule has 26 heavy (non-hydrogen) atoms. The Labute approximate surface area is 153 Å². The molecule has 1 aliphatic rings. The Morgan fingerprint density at radius 1 is 1.12 bits per heavy atom. The van der Waals surface area contributed by atoms with Gasteiger partial charge in [-0.3, -0.25) is 0 Å². The first kappa shape index (κ1) is 17.9. The molecule has 1 saturated heterocycles. The number of ether oxygens (including phenoxy) is 1. The summed E-state index contributed by atoms with van der Waals surface area (Å²) in [5.41, 5.74) is 2.17. The smallest absolute Gasteiger partial charge is 0.323 e. The molecule has 3 rings (SSSR count). The van der Waals surface area contributed by atoms with E-state index in [1.165, 1.54) is 0 Å². The fraction of sp³-hybridized carbons (Fsp3) is 0.389. The number of anilines is 3. The van der Waals surface area contributed by atoms with Gasteiger partial charge in [0.25, 0.3) is 0 Å². The lowest BCUT2D eigenvalue weighted by molar-refractivity contribution is 0.262. The third kappa shape index (κ3) is 4.40. The first-order chi connectivity index (χ1) is 12.5. The normalized spacial score (nSPS) is 14.8. The molecule has 0 atom stereocenters. The molecular formula is C18H24N6O2. The van der Waals surface area contributed by atoms with Gasteiger partial charge in [0.05, 0.1) is 30.9 Å². The highest BCUT2D eigenvalue weighted by Gasteiger charge is 2.16. The molecule has 0 unspecified atom stereocenters. The maximum absolute atomic E-state index is 12.2. The van der Waals surface area contributed by atoms with E-state index in [0.29, 0.717) is 23.1 Å². The van der Waals surface area contributed by atoms with Crippen LogP contribution in [0.4, 0.5) is 22.1 Å². The number of amides is 2. The van der Waals surface area contributed by atoms with Gasteiger partial charge in [-0.05, 0) is 31.7 Å². The molecule has 0 aliphatic carbocycles. The van der Waals surface area contributed by atoms with E-state index in [4.69, 9.17) is 4.74 Å². The summed E-state index contributed by atoms with van der Waals surface area (Å²) < 4.78 is 5.27. The van der Waals surface area contributed by atoms with Crippen molar-refractivity contribution in [1.29, 1.82) is 0 Å². The predicted molar refractivity (Wildman–Crippen MR) is 102 cm³/mol. The number of rotatable bonds is 4. The quantitative estimate of drug-likeness (QED) is 0.874. The number of nitrogens with one attached hydrogen (secondary N) is 2. The van der Waals surface area contributed by atoms with E-state index in [2.05, 4.69) is 37.4 Å². The van der Waals surface area contributed by atoms with E-state index in [-0.39, 0.29) is 6.03 Å². The average molecular weight is 356 g/mol. The Morgan fingerprint density at radius 3 is 2.46 bits per heavy atom. The Bertz CT molecular complexity index is 757. The highest BCUT2D eigenvalue weighted by molar-refractivity contribution is 6.00. The molecule has 1 fully saturated rings. The van der Waals surface area contributed by atoms with E-state index in [1.54, 1.807) is 19.5 Å². The van der Waals surface area contributed by atoms with Gasteiger partial charge in [0, 0.05) is 26.2 Å². The van der Waals surface area contributed by atoms with E-state index >= 15 is 0 Å². The van der Waals surface area contributed by atoms with Crippen molar-refractivity contribution < 1.29 is 9.53 Å². The summed E-state index contributed by atoms with van der Waals surface area (Å²) in [6.45, 7) is 5.73. The van der Waals surface area contributed by atoms with E-state index in [9.17, 15) is 4.79 Å². The minimum Gasteiger partial charge on any atom is -0.495 e. The van der Waals surface area contributed by atoms with Crippen LogP contribution in [0.2, 0.25) is 0 Å². The summed E-state index contributed by atoms with van der Waals surface area (Å²) in [5.74, 6) is 1.29. The molecule has 2 amide bonds. The van der Waals surface area contributed by atoms with E-state index in [0.717, 1.165) is 31.7 Å². The summed E-state index contributed by atoms with van der Waals surface area (Å²) >= 11 is 0. The summed E-state index contributed by atoms with van der Waals surface area (Å²) in [6.07, 6.45) is 3.24. The lowest BCUT2D eigenvalue weighted by atomic mass is 10.2. The van der Waals surface area contributed by atoms with Gasteiger partial charge in [-0.2, -0.15) is 0 Å². The van der Waals surface area contributed by atoms with Crippen LogP contribution in [-0.4, -0.2) is 61.2 Å². The number of urea groups is 1. The number of aromatic nitrogens is 2. The van der Waals surface area contributed by atoms with Gasteiger partial charge in [0.15, 0.2) is 0 Å². The number of hydrogen-bond acceptors (Lipinski definition) is 6. The number of piperazine rings is 1. The van der Waals surface area contributed by atoms with Crippen LogP contribution < -0.4 is 20.3 Å². The number of carbonyl (C=O) groups excluding carboxylic acids is 1. The first-order valence-corrected chi connectivity index (χ1v) is 8.53. The largest absolute Gasteiger partial charge is 0.495 e. The van der Waals surface area contributed by atoms with E-state index < -0.39 is 0 Å². The number of hydrogen-bond donors (Lipinski definition) is 2. The standard InChI is InChI=1S/C18H24N6O2/c1-13-4-5-16(26-3)15(10-13)22-18(25)21-14-11-19-17(20-12-14)24-8-6-23(2)7-9-24/h4-5,10-12H,6-9H2,1-3H3,(H2,21,22,25). The molecule has 138 valence electrons. The fourth-order valence-corrected chi connectivity index (χ4v) is 2.76. The maximum atomic E-state index is 12.2. The highest BCUT2D eigenvalue weighted by Crippen LogP contribution is 2.25. The number of methoxy groups -OCH3 is 1. The van der Waals surface area contributed by atoms with Crippen LogP contribution >= 0.6 is 0 Å². The molecule has 0 spiro atoms. The topological polar surface area (TPSA) is 82.6 Å². The van der Waals surface area contributed by atoms with Gasteiger partial charge < -0.3 is 25.2 Å². The van der Waals surface area contributed by atoms with Gasteiger partial charge in [0.1, 0.15) is 5.75 Å². The lowest BCUT2D eigenvalue weighted by Crippen LogP contribution is -2.45. The molecular weight excluding hydrogens is 332 g/mol. The minimum atomic E-state index is -0.371. The molecule has 2 aromatic rings. The molecule has 8 heteroatoms. The van der Waals surface area contributed by atoms with Crippen molar-refractivity contribution in [3.63, 3.8) is 0 Å². The minimum absolute atomic E-state index is 0.371. The van der Waals surface area contributed by atoms with Crippen molar-refractivity contribution in [2.75, 3.05) is 55.9 Å². The van der Waals surface area contributed by atoms with Crippen LogP contribution in [-0.2, 0) is 0 Å². The third-order valence-corrected chi connectivity index (χ3v) is 4.29. The van der Waals surface area contributed by atoms with Crippen molar-refractivity contribution in [2.45, 2.75) is 6.92 Å². The van der Waals surface area contributed by atoms with Crippen LogP contribution in [0.1, 0.15) is 5.56 Å². The summed E-state index contributed by atoms with van der Waals surface area (Å²) in [6, 6.07) is 5.22. The number of likely N-dealkylation sites (N-methyl/N-ethyl adjacent to an activating group) is 1. The molecule has 1 aromatic carbocycles. The first-order valence-electron chi connectivity index (χ1n) is 8.53. The zero-order valence-corrected chi connectivity index (χ0v) is 15.3. The average Bonchev–Trinajstić information content (AvgIpc) is 2.63. The molecule has 2 N–H and O–H groups in total. The number of benzene rings is 1. The maximum Gasteiger partial charge on any atom is 0.323 e. The monoisotopic (exact) mass is 356 g/mol. The van der Waals surface area contributed by atoms with Crippen molar-refractivity contribution in [3.8, 4) is 5.75 Å². The van der Waals surface area contributed by atoms with Crippen LogP contribution in [0, 0.1) is 6.92 Å². The molecule has 2 heterocycles. The van der Waals surface area contributed by atoms with Crippen molar-refractivity contribution in [3.05, 3.63) is 36.2 Å². The van der Waals surface area contributed by atoms with Crippen molar-refractivity contribution in [2.24, 2.45) is 0 Å². The van der Waals surface area contributed by atoms with Crippen LogP contribution in [0.15, 0.2) is 30.6 Å². The van der Waals surface area contributed by atoms with Crippen LogP contribution in [0.5, 0.6) is 5.75 Å². The van der Waals surface area contributed by atoms with Gasteiger partial charge in [0.2, 0.25) is 5.95 Å². The second-order valence-electron chi connectivity index (χ2n) is 6.34. The van der Waals surface area contributed by atoms with Gasteiger partial charge in [-0.1, -0.05) is 6.07 Å². The predicted octanol–water partition coefficient (Wildman–Crippen LogP) is 2.19. The Morgan fingerprint density at radius 2 is 1.81 bits per heavy atom. The zero-order chi connectivity index (χ0) is 18.5. The van der Waals surface area contributed by atoms with E-state index in [1.807, 2.05) is 25.1 Å². The second kappa shape index (κ2) is 8.01. The Kier molecular flexibility index (Phi) is 5.52. The highest BCUT2D eigenvalue weighted by atomic mass is 16.5. The summed E-state index contributed by atoms with van der Waals surface area (Å²) in [4.78, 5) is 25.4. The van der Waals surface area contributed by atoms with Crippen molar-refractivity contribution >= 4 is 23.4 Å². The molecule has 1 aromatic heterocycles. The van der Waals surface area contributed by atoms with Crippen LogP contribution in [0.25, 0.3) is 0 Å². The molecule has 8 nitrogen and oxygen atoms in total. The number of carbonyl (C=O) groups is 1. The summed E-state index contributed by atoms with van der Waals surface area (Å²) in [7, 11) is 3.67. The Hall–Kier alpha value is -2.87. The fourth-order valence-electron chi connectivity index (χ4n) is 2.76. The molecule has 0 saturated carbocycles. The number of aryl methyl sites for hydroxylation is 1.